The van der Waals surface area contributed by atoms with Gasteiger partial charge in [0.05, 0.1) is 5.52 Å². The molecule has 0 amide bonds. The molecule has 2 aromatic rings. The first-order valence-corrected chi connectivity index (χ1v) is 4.99. The second-order valence-electron chi connectivity index (χ2n) is 3.83. The number of carbonyl (C=O) groups is 1. The van der Waals surface area contributed by atoms with Crippen molar-refractivity contribution < 1.29 is 4.79 Å². The molecule has 1 radical (unpaired) electrons. The number of hydrogen-bond donors (Lipinski definition) is 0. The molecule has 0 aliphatic carbocycles. The zero-order valence-electron chi connectivity index (χ0n) is 8.82. The van der Waals surface area contributed by atoms with E-state index in [1.54, 1.807) is 12.1 Å². The van der Waals surface area contributed by atoms with Gasteiger partial charge >= 0.3 is 0 Å². The van der Waals surface area contributed by atoms with Gasteiger partial charge in [0.15, 0.2) is 5.78 Å². The van der Waals surface area contributed by atoms with Crippen molar-refractivity contribution >= 4 is 16.7 Å². The lowest BCUT2D eigenvalue weighted by Crippen LogP contribution is -2.09. The average Bonchev–Trinajstić information content (AvgIpc) is 2.27. The van der Waals surface area contributed by atoms with Crippen molar-refractivity contribution in [2.45, 2.75) is 13.8 Å². The van der Waals surface area contributed by atoms with Gasteiger partial charge in [-0.3, -0.25) is 4.79 Å². The lowest BCUT2D eigenvalue weighted by atomic mass is 10.1. The molecule has 0 fully saturated rings. The molecule has 0 saturated carbocycles. The Bertz CT molecular complexity index is 503. The minimum Gasteiger partial charge on any atom is -0.292 e. The maximum Gasteiger partial charge on any atom is 0.183 e. The minimum atomic E-state index is -0.00905. The number of rotatable bonds is 2. The Morgan fingerprint density at radius 1 is 1.33 bits per heavy atom. The normalized spacial score (nSPS) is 10.9. The molecule has 1 aromatic heterocycles. The van der Waals surface area contributed by atoms with E-state index >= 15 is 0 Å². The third-order valence-electron chi connectivity index (χ3n) is 2.31. The van der Waals surface area contributed by atoms with Crippen molar-refractivity contribution in [1.29, 1.82) is 0 Å². The fraction of sp³-hybridized carbons (Fsp3) is 0.231. The largest absolute Gasteiger partial charge is 0.292 e. The molecule has 1 aromatic carbocycles. The molecule has 0 N–H and O–H groups in total. The van der Waals surface area contributed by atoms with Crippen LogP contribution in [0.15, 0.2) is 30.3 Å². The Morgan fingerprint density at radius 2 is 2.13 bits per heavy atom. The van der Waals surface area contributed by atoms with Crippen molar-refractivity contribution in [2.75, 3.05) is 0 Å². The Kier molecular flexibility index (Phi) is 2.50. The number of hydrogen-bond acceptors (Lipinski definition) is 2. The van der Waals surface area contributed by atoms with Crippen molar-refractivity contribution in [3.63, 3.8) is 0 Å². The molecule has 0 spiro atoms. The number of fused-ring (bicyclic) bond motifs is 1. The first-order valence-electron chi connectivity index (χ1n) is 4.99. The molecule has 0 aliphatic heterocycles. The van der Waals surface area contributed by atoms with Crippen LogP contribution in [-0.4, -0.2) is 10.8 Å². The monoisotopic (exact) mass is 198 g/mol. The predicted molar refractivity (Wildman–Crippen MR) is 59.7 cm³/mol. The van der Waals surface area contributed by atoms with Crippen molar-refractivity contribution in [1.82, 2.24) is 4.98 Å². The summed E-state index contributed by atoms with van der Waals surface area (Å²) in [5.74, 6) is 0.0787. The number of nitrogens with zero attached hydrogens (tertiary/aromatic N) is 1. The fourth-order valence-corrected chi connectivity index (χ4v) is 1.44. The van der Waals surface area contributed by atoms with Crippen LogP contribution in [-0.2, 0) is 0 Å². The Hall–Kier alpha value is -1.70. The third kappa shape index (κ3) is 1.89. The number of carbonyl (C=O) groups excluding carboxylic acids is 1. The lowest BCUT2D eigenvalue weighted by molar-refractivity contribution is 0.0935. The molecule has 0 bridgehead atoms. The summed E-state index contributed by atoms with van der Waals surface area (Å²) in [5, 5.41) is 1.01. The van der Waals surface area contributed by atoms with Gasteiger partial charge in [0, 0.05) is 11.3 Å². The topological polar surface area (TPSA) is 30.0 Å². The van der Waals surface area contributed by atoms with Crippen molar-refractivity contribution in [3.8, 4) is 0 Å². The fourth-order valence-electron chi connectivity index (χ4n) is 1.44. The van der Waals surface area contributed by atoms with E-state index in [1.165, 1.54) is 0 Å². The van der Waals surface area contributed by atoms with E-state index in [-0.39, 0.29) is 11.7 Å². The van der Waals surface area contributed by atoms with Gasteiger partial charge in [0.1, 0.15) is 5.69 Å². The van der Waals surface area contributed by atoms with Gasteiger partial charge < -0.3 is 0 Å². The Morgan fingerprint density at radius 3 is 2.87 bits per heavy atom. The van der Waals surface area contributed by atoms with Crippen LogP contribution in [0.2, 0.25) is 0 Å². The maximum atomic E-state index is 11.7. The number of pyridine rings is 1. The van der Waals surface area contributed by atoms with E-state index in [2.05, 4.69) is 11.1 Å². The van der Waals surface area contributed by atoms with Gasteiger partial charge in [-0.1, -0.05) is 26.0 Å². The number of aromatic nitrogens is 1. The van der Waals surface area contributed by atoms with E-state index in [4.69, 9.17) is 0 Å². The summed E-state index contributed by atoms with van der Waals surface area (Å²) in [6, 6.07) is 12.2. The molecule has 2 nitrogen and oxygen atoms in total. The van der Waals surface area contributed by atoms with Crippen LogP contribution < -0.4 is 0 Å². The number of Topliss-reactive ketones (excluding diaryl/α,β-unsaturated/α-hetero) is 1. The molecule has 2 rings (SSSR count). The van der Waals surface area contributed by atoms with Gasteiger partial charge in [0.2, 0.25) is 0 Å². The Balaban J connectivity index is 2.52. The maximum absolute atomic E-state index is 11.7. The van der Waals surface area contributed by atoms with Crippen molar-refractivity contribution in [3.05, 3.63) is 42.1 Å². The van der Waals surface area contributed by atoms with Crippen LogP contribution in [0, 0.1) is 12.0 Å². The highest BCUT2D eigenvalue weighted by molar-refractivity contribution is 5.97. The molecule has 75 valence electrons. The van der Waals surface area contributed by atoms with Gasteiger partial charge in [-0.15, -0.1) is 0 Å². The summed E-state index contributed by atoms with van der Waals surface area (Å²) in [4.78, 5) is 16.0. The van der Waals surface area contributed by atoms with Crippen LogP contribution in [0.5, 0.6) is 0 Å². The molecular formula is C13H12NO. The number of ketones is 1. The van der Waals surface area contributed by atoms with Crippen LogP contribution in [0.4, 0.5) is 0 Å². The van der Waals surface area contributed by atoms with Crippen LogP contribution in [0.1, 0.15) is 24.3 Å². The van der Waals surface area contributed by atoms with Crippen molar-refractivity contribution in [2.24, 2.45) is 5.92 Å². The van der Waals surface area contributed by atoms with Crippen LogP contribution >= 0.6 is 0 Å². The second kappa shape index (κ2) is 3.81. The number of benzene rings is 1. The molecule has 0 aliphatic rings. The average molecular weight is 198 g/mol. The summed E-state index contributed by atoms with van der Waals surface area (Å²) >= 11 is 0. The highest BCUT2D eigenvalue weighted by Crippen LogP contribution is 2.13. The minimum absolute atomic E-state index is 0.00905. The quantitative estimate of drug-likeness (QED) is 0.694. The molecule has 0 saturated heterocycles. The predicted octanol–water partition coefficient (Wildman–Crippen LogP) is 2.87. The van der Waals surface area contributed by atoms with E-state index in [1.807, 2.05) is 32.0 Å². The first-order chi connectivity index (χ1) is 7.18. The standard InChI is InChI=1S/C13H12NO/c1-9(2)13(15)12-8-7-10-5-3-4-6-11(10)14-12/h4-9H,1-2H3. The zero-order valence-corrected chi connectivity index (χ0v) is 8.82. The van der Waals surface area contributed by atoms with E-state index in [0.29, 0.717) is 5.69 Å². The molecule has 0 unspecified atom stereocenters. The molecule has 0 atom stereocenters. The molecule has 15 heavy (non-hydrogen) atoms. The molecule has 1 heterocycles. The SMILES string of the molecule is CC(C)C(=O)c1ccc2c[c]ccc2n1. The van der Waals surface area contributed by atoms with Gasteiger partial charge in [-0.2, -0.15) is 0 Å². The van der Waals surface area contributed by atoms with Gasteiger partial charge in [-0.05, 0) is 24.3 Å². The summed E-state index contributed by atoms with van der Waals surface area (Å²) in [6.07, 6.45) is 0. The summed E-state index contributed by atoms with van der Waals surface area (Å²) in [5.41, 5.74) is 1.39. The van der Waals surface area contributed by atoms with Gasteiger partial charge in [0.25, 0.3) is 0 Å². The van der Waals surface area contributed by atoms with E-state index in [9.17, 15) is 4.79 Å². The van der Waals surface area contributed by atoms with Crippen LogP contribution in [0.3, 0.4) is 0 Å². The molecular weight excluding hydrogens is 186 g/mol. The lowest BCUT2D eigenvalue weighted by Gasteiger charge is -2.04. The van der Waals surface area contributed by atoms with Crippen LogP contribution in [0.25, 0.3) is 10.9 Å². The van der Waals surface area contributed by atoms with E-state index in [0.717, 1.165) is 10.9 Å². The smallest absolute Gasteiger partial charge is 0.183 e. The highest BCUT2D eigenvalue weighted by Gasteiger charge is 2.11. The van der Waals surface area contributed by atoms with Gasteiger partial charge in [-0.25, -0.2) is 4.98 Å². The highest BCUT2D eigenvalue weighted by atomic mass is 16.1. The zero-order chi connectivity index (χ0) is 10.8. The summed E-state index contributed by atoms with van der Waals surface area (Å²) in [6.45, 7) is 3.76. The summed E-state index contributed by atoms with van der Waals surface area (Å²) in [7, 11) is 0. The first kappa shape index (κ1) is 9.84. The van der Waals surface area contributed by atoms with E-state index < -0.39 is 0 Å². The third-order valence-corrected chi connectivity index (χ3v) is 2.31. The molecule has 2 heteroatoms. The Labute approximate surface area is 89.0 Å². The summed E-state index contributed by atoms with van der Waals surface area (Å²) < 4.78 is 0. The second-order valence-corrected chi connectivity index (χ2v) is 3.83.